The van der Waals surface area contributed by atoms with Gasteiger partial charge in [0, 0.05) is 5.69 Å². The fourth-order valence-electron chi connectivity index (χ4n) is 1.62. The first-order chi connectivity index (χ1) is 9.01. The van der Waals surface area contributed by atoms with Gasteiger partial charge in [-0.25, -0.2) is 9.59 Å². The molecule has 3 N–H and O–H groups in total. The summed E-state index contributed by atoms with van der Waals surface area (Å²) in [6.45, 7) is 1.81. The Balaban J connectivity index is 2.97. The van der Waals surface area contributed by atoms with E-state index in [1.807, 2.05) is 0 Å². The van der Waals surface area contributed by atoms with E-state index in [0.717, 1.165) is 0 Å². The van der Waals surface area contributed by atoms with Crippen molar-refractivity contribution in [1.29, 1.82) is 0 Å². The lowest BCUT2D eigenvalue weighted by Crippen LogP contribution is -2.27. The molecule has 1 rings (SSSR count). The van der Waals surface area contributed by atoms with Crippen LogP contribution in [0, 0.1) is 0 Å². The van der Waals surface area contributed by atoms with Crippen LogP contribution in [-0.4, -0.2) is 30.3 Å². The predicted molar refractivity (Wildman–Crippen MR) is 69.2 cm³/mol. The number of nitrogens with two attached hydrogens (primary N) is 1. The Morgan fingerprint density at radius 3 is 2.63 bits per heavy atom. The maximum absolute atomic E-state index is 12.0. The van der Waals surface area contributed by atoms with Crippen LogP contribution in [-0.2, 0) is 9.53 Å². The van der Waals surface area contributed by atoms with Crippen molar-refractivity contribution in [1.82, 2.24) is 0 Å². The topological polar surface area (TPSA) is 98.9 Å². The maximum Gasteiger partial charge on any atom is 0.345 e. The minimum absolute atomic E-state index is 0.0485. The molecule has 104 valence electrons. The van der Waals surface area contributed by atoms with Gasteiger partial charge >= 0.3 is 11.9 Å². The summed E-state index contributed by atoms with van der Waals surface area (Å²) >= 11 is 0. The van der Waals surface area contributed by atoms with Gasteiger partial charge in [-0.1, -0.05) is 19.4 Å². The Kier molecular flexibility index (Phi) is 5.17. The number of hydrogen-bond acceptors (Lipinski definition) is 5. The molecule has 0 heterocycles. The molecule has 0 saturated carbocycles. The zero-order chi connectivity index (χ0) is 14.4. The van der Waals surface area contributed by atoms with Gasteiger partial charge in [0.1, 0.15) is 11.3 Å². The Bertz CT molecular complexity index is 472. The number of nitrogen functional groups attached to an aromatic ring is 1. The van der Waals surface area contributed by atoms with Gasteiger partial charge in [0.2, 0.25) is 0 Å². The third kappa shape index (κ3) is 3.61. The highest BCUT2D eigenvalue weighted by Gasteiger charge is 2.25. The highest BCUT2D eigenvalue weighted by atomic mass is 16.6. The van der Waals surface area contributed by atoms with Crippen molar-refractivity contribution < 1.29 is 24.2 Å². The summed E-state index contributed by atoms with van der Waals surface area (Å²) in [6, 6.07) is 4.71. The number of carbonyl (C=O) groups is 2. The third-order valence-corrected chi connectivity index (χ3v) is 2.56. The van der Waals surface area contributed by atoms with Gasteiger partial charge in [-0.3, -0.25) is 0 Å². The fraction of sp³-hybridized carbons (Fsp3) is 0.385. The standard InChI is InChI=1S/C13H17NO5/c1-3-5-10(12(15)16)19-13(17)11-8(14)6-4-7-9(11)18-2/h4,6-7,10H,3,5,14H2,1-2H3,(H,15,16). The zero-order valence-corrected chi connectivity index (χ0v) is 10.9. The second-order valence-electron chi connectivity index (χ2n) is 3.95. The highest BCUT2D eigenvalue weighted by Crippen LogP contribution is 2.25. The summed E-state index contributed by atoms with van der Waals surface area (Å²) in [5.41, 5.74) is 5.93. The van der Waals surface area contributed by atoms with Crippen LogP contribution < -0.4 is 10.5 Å². The van der Waals surface area contributed by atoms with Crippen molar-refractivity contribution in [3.05, 3.63) is 23.8 Å². The van der Waals surface area contributed by atoms with Crippen LogP contribution in [0.25, 0.3) is 0 Å². The van der Waals surface area contributed by atoms with E-state index >= 15 is 0 Å². The van der Waals surface area contributed by atoms with Gasteiger partial charge in [0.15, 0.2) is 6.10 Å². The average molecular weight is 267 g/mol. The number of carboxylic acids is 1. The van der Waals surface area contributed by atoms with Crippen LogP contribution >= 0.6 is 0 Å². The summed E-state index contributed by atoms with van der Waals surface area (Å²) in [4.78, 5) is 22.9. The first-order valence-corrected chi connectivity index (χ1v) is 5.87. The molecule has 6 heteroatoms. The Morgan fingerprint density at radius 1 is 1.42 bits per heavy atom. The van der Waals surface area contributed by atoms with Crippen molar-refractivity contribution >= 4 is 17.6 Å². The van der Waals surface area contributed by atoms with Crippen LogP contribution in [0.2, 0.25) is 0 Å². The molecule has 0 amide bonds. The number of carboxylic acid groups (broad SMARTS) is 1. The van der Waals surface area contributed by atoms with Crippen LogP contribution in [0.4, 0.5) is 5.69 Å². The van der Waals surface area contributed by atoms with E-state index in [4.69, 9.17) is 20.3 Å². The smallest absolute Gasteiger partial charge is 0.345 e. The monoisotopic (exact) mass is 267 g/mol. The maximum atomic E-state index is 12.0. The van der Waals surface area contributed by atoms with E-state index < -0.39 is 18.0 Å². The molecule has 6 nitrogen and oxygen atoms in total. The molecule has 0 spiro atoms. The molecule has 0 saturated heterocycles. The number of aliphatic carboxylic acids is 1. The molecule has 1 unspecified atom stereocenters. The largest absolute Gasteiger partial charge is 0.496 e. The summed E-state index contributed by atoms with van der Waals surface area (Å²) in [7, 11) is 1.40. The summed E-state index contributed by atoms with van der Waals surface area (Å²) < 4.78 is 9.98. The highest BCUT2D eigenvalue weighted by molar-refractivity contribution is 5.99. The summed E-state index contributed by atoms with van der Waals surface area (Å²) in [5.74, 6) is -1.72. The van der Waals surface area contributed by atoms with E-state index in [2.05, 4.69) is 0 Å². The molecule has 0 bridgehead atoms. The first-order valence-electron chi connectivity index (χ1n) is 5.87. The van der Waals surface area contributed by atoms with E-state index in [-0.39, 0.29) is 23.4 Å². The van der Waals surface area contributed by atoms with E-state index in [0.29, 0.717) is 6.42 Å². The lowest BCUT2D eigenvalue weighted by molar-refractivity contribution is -0.147. The van der Waals surface area contributed by atoms with Crippen LogP contribution in [0.5, 0.6) is 5.75 Å². The number of anilines is 1. The SMILES string of the molecule is CCCC(OC(=O)c1c(N)cccc1OC)C(=O)O. The molecular formula is C13H17NO5. The quantitative estimate of drug-likeness (QED) is 0.601. The molecule has 1 aromatic rings. The number of carbonyl (C=O) groups excluding carboxylic acids is 1. The molecule has 0 aliphatic rings. The number of methoxy groups -OCH3 is 1. The molecule has 0 aliphatic carbocycles. The Labute approximate surface area is 111 Å². The van der Waals surface area contributed by atoms with Crippen molar-refractivity contribution in [2.45, 2.75) is 25.9 Å². The van der Waals surface area contributed by atoms with Gasteiger partial charge < -0.3 is 20.3 Å². The minimum Gasteiger partial charge on any atom is -0.496 e. The van der Waals surface area contributed by atoms with Crippen LogP contribution in [0.15, 0.2) is 18.2 Å². The van der Waals surface area contributed by atoms with E-state index in [1.54, 1.807) is 19.1 Å². The average Bonchev–Trinajstić information content (AvgIpc) is 2.37. The number of ether oxygens (including phenoxy) is 2. The third-order valence-electron chi connectivity index (χ3n) is 2.56. The Morgan fingerprint density at radius 2 is 2.11 bits per heavy atom. The number of esters is 1. The summed E-state index contributed by atoms with van der Waals surface area (Å²) in [5, 5.41) is 8.96. The van der Waals surface area contributed by atoms with Crippen LogP contribution in [0.1, 0.15) is 30.1 Å². The van der Waals surface area contributed by atoms with Gasteiger partial charge in [0.25, 0.3) is 0 Å². The molecule has 1 aromatic carbocycles. The van der Waals surface area contributed by atoms with Crippen molar-refractivity contribution in [3.8, 4) is 5.75 Å². The van der Waals surface area contributed by atoms with E-state index in [9.17, 15) is 9.59 Å². The lowest BCUT2D eigenvalue weighted by atomic mass is 10.1. The molecule has 0 radical (unpaired) electrons. The van der Waals surface area contributed by atoms with Crippen molar-refractivity contribution in [2.24, 2.45) is 0 Å². The molecule has 19 heavy (non-hydrogen) atoms. The Hall–Kier alpha value is -2.24. The van der Waals surface area contributed by atoms with Gasteiger partial charge in [0.05, 0.1) is 7.11 Å². The second-order valence-corrected chi connectivity index (χ2v) is 3.95. The number of benzene rings is 1. The first kappa shape index (κ1) is 14.8. The number of hydrogen-bond donors (Lipinski definition) is 2. The van der Waals surface area contributed by atoms with Gasteiger partial charge in [-0.05, 0) is 18.6 Å². The lowest BCUT2D eigenvalue weighted by Gasteiger charge is -2.15. The van der Waals surface area contributed by atoms with Gasteiger partial charge in [-0.15, -0.1) is 0 Å². The molecule has 0 aromatic heterocycles. The molecule has 0 fully saturated rings. The van der Waals surface area contributed by atoms with Crippen LogP contribution in [0.3, 0.4) is 0 Å². The molecule has 1 atom stereocenters. The number of rotatable bonds is 6. The van der Waals surface area contributed by atoms with Gasteiger partial charge in [-0.2, -0.15) is 0 Å². The minimum atomic E-state index is -1.18. The van der Waals surface area contributed by atoms with E-state index in [1.165, 1.54) is 13.2 Å². The fourth-order valence-corrected chi connectivity index (χ4v) is 1.62. The molecular weight excluding hydrogens is 250 g/mol. The molecule has 0 aliphatic heterocycles. The van der Waals surface area contributed by atoms with Crippen molar-refractivity contribution in [2.75, 3.05) is 12.8 Å². The normalized spacial score (nSPS) is 11.7. The zero-order valence-electron chi connectivity index (χ0n) is 10.9. The van der Waals surface area contributed by atoms with Crippen molar-refractivity contribution in [3.63, 3.8) is 0 Å². The summed E-state index contributed by atoms with van der Waals surface area (Å²) in [6.07, 6.45) is -0.344. The second kappa shape index (κ2) is 6.63. The predicted octanol–water partition coefficient (Wildman–Crippen LogP) is 1.69.